The molecule has 0 saturated heterocycles. The first-order valence-corrected chi connectivity index (χ1v) is 15.3. The predicted octanol–water partition coefficient (Wildman–Crippen LogP) is 8.22. The van der Waals surface area contributed by atoms with Crippen LogP contribution >= 0.6 is 25.3 Å². The molecule has 0 nitrogen and oxygen atoms in total. The molecule has 0 aliphatic carbocycles. The SMILES string of the molecule is CCCCCCCCCCCC(S)S.CCC[CH2][Sn+2][CH2]CCC. The Labute approximate surface area is 169 Å². The second-order valence-electron chi connectivity index (χ2n) is 6.55. The Balaban J connectivity index is 0. The Morgan fingerprint density at radius 2 is 0.957 bits per heavy atom. The summed E-state index contributed by atoms with van der Waals surface area (Å²) in [6, 6.07) is 0. The van der Waals surface area contributed by atoms with E-state index in [-0.39, 0.29) is 21.1 Å². The normalized spacial score (nSPS) is 10.3. The van der Waals surface area contributed by atoms with Crippen molar-refractivity contribution in [3.05, 3.63) is 0 Å². The van der Waals surface area contributed by atoms with Gasteiger partial charge in [0.2, 0.25) is 0 Å². The van der Waals surface area contributed by atoms with E-state index >= 15 is 0 Å². The Morgan fingerprint density at radius 3 is 1.35 bits per heavy atom. The number of rotatable bonds is 16. The van der Waals surface area contributed by atoms with Crippen LogP contribution in [0.4, 0.5) is 0 Å². The minimum absolute atomic E-state index is 0.149. The molecule has 0 aliphatic rings. The van der Waals surface area contributed by atoms with Crippen molar-refractivity contribution in [2.45, 2.75) is 124 Å². The van der Waals surface area contributed by atoms with Gasteiger partial charge in [0.05, 0.1) is 0 Å². The Bertz CT molecular complexity index is 180. The topological polar surface area (TPSA) is 0 Å². The zero-order chi connectivity index (χ0) is 17.6. The van der Waals surface area contributed by atoms with Crippen molar-refractivity contribution in [1.29, 1.82) is 0 Å². The van der Waals surface area contributed by atoms with Gasteiger partial charge in [-0.25, -0.2) is 0 Å². The zero-order valence-electron chi connectivity index (χ0n) is 16.3. The molecule has 23 heavy (non-hydrogen) atoms. The molecule has 0 fully saturated rings. The molecule has 0 rings (SSSR count). The van der Waals surface area contributed by atoms with E-state index < -0.39 is 0 Å². The van der Waals surface area contributed by atoms with E-state index in [1.165, 1.54) is 83.5 Å². The Morgan fingerprint density at radius 1 is 0.565 bits per heavy atom. The van der Waals surface area contributed by atoms with Crippen LogP contribution in [0.25, 0.3) is 0 Å². The van der Waals surface area contributed by atoms with Gasteiger partial charge in [-0.1, -0.05) is 64.7 Å². The van der Waals surface area contributed by atoms with Crippen molar-refractivity contribution in [2.24, 2.45) is 0 Å². The summed E-state index contributed by atoms with van der Waals surface area (Å²) in [5.41, 5.74) is 0. The number of hydrogen-bond acceptors (Lipinski definition) is 2. The third-order valence-electron chi connectivity index (χ3n) is 3.98. The van der Waals surface area contributed by atoms with Crippen LogP contribution in [0.5, 0.6) is 0 Å². The Kier molecular flexibility index (Phi) is 29.9. The van der Waals surface area contributed by atoms with Crippen LogP contribution in [0.1, 0.15) is 111 Å². The molecule has 0 aromatic rings. The molecule has 0 saturated carbocycles. The molecule has 0 bridgehead atoms. The van der Waals surface area contributed by atoms with E-state index in [1.807, 2.05) is 0 Å². The molecule has 3 heteroatoms. The first-order chi connectivity index (χ1) is 11.2. The summed E-state index contributed by atoms with van der Waals surface area (Å²) in [7, 11) is 0. The van der Waals surface area contributed by atoms with Gasteiger partial charge in [0.1, 0.15) is 0 Å². The molecular weight excluding hydrogens is 423 g/mol. The summed E-state index contributed by atoms with van der Waals surface area (Å²) in [6.45, 7) is 6.85. The summed E-state index contributed by atoms with van der Waals surface area (Å²) >= 11 is 8.64. The number of hydrogen-bond donors (Lipinski definition) is 2. The van der Waals surface area contributed by atoms with E-state index in [2.05, 4.69) is 46.0 Å². The second kappa shape index (κ2) is 25.7. The van der Waals surface area contributed by atoms with Crippen LogP contribution in [0.15, 0.2) is 0 Å². The molecule has 0 aliphatic heterocycles. The average Bonchev–Trinajstić information content (AvgIpc) is 2.54. The number of thiol groups is 2. The monoisotopic (exact) mass is 468 g/mol. The second-order valence-corrected chi connectivity index (χ2v) is 12.5. The standard InChI is InChI=1S/C12H26S2.2C4H9.Sn/c1-2-3-4-5-6-7-8-9-10-11-12(13)14;2*1-3-4-2;/h12-14H,2-11H2,1H3;2*1,3-4H2,2H3;/q;;;+2. The zero-order valence-corrected chi connectivity index (χ0v) is 20.9. The summed E-state index contributed by atoms with van der Waals surface area (Å²) in [6.07, 6.45) is 19.6. The summed E-state index contributed by atoms with van der Waals surface area (Å²) in [5.74, 6) is 0. The first-order valence-electron chi connectivity index (χ1n) is 10.3. The van der Waals surface area contributed by atoms with Crippen molar-refractivity contribution in [3.8, 4) is 0 Å². The van der Waals surface area contributed by atoms with Gasteiger partial charge in [-0.3, -0.25) is 0 Å². The van der Waals surface area contributed by atoms with Gasteiger partial charge < -0.3 is 0 Å². The quantitative estimate of drug-likeness (QED) is 0.0972. The summed E-state index contributed by atoms with van der Waals surface area (Å²) in [4.78, 5) is 0. The van der Waals surface area contributed by atoms with Crippen LogP contribution in [-0.2, 0) is 0 Å². The van der Waals surface area contributed by atoms with Gasteiger partial charge in [-0.15, -0.1) is 0 Å². The van der Waals surface area contributed by atoms with Crippen molar-refractivity contribution in [3.63, 3.8) is 0 Å². The predicted molar refractivity (Wildman–Crippen MR) is 119 cm³/mol. The van der Waals surface area contributed by atoms with Crippen molar-refractivity contribution in [1.82, 2.24) is 0 Å². The van der Waals surface area contributed by atoms with Crippen molar-refractivity contribution < 1.29 is 0 Å². The van der Waals surface area contributed by atoms with Crippen LogP contribution in [0.3, 0.4) is 0 Å². The maximum atomic E-state index is 4.24. The first kappa shape index (κ1) is 26.7. The molecular formula is C20H44S2Sn+2. The van der Waals surface area contributed by atoms with Gasteiger partial charge in [0.25, 0.3) is 0 Å². The van der Waals surface area contributed by atoms with Crippen LogP contribution in [0.2, 0.25) is 8.87 Å². The van der Waals surface area contributed by atoms with E-state index in [1.54, 1.807) is 8.87 Å². The van der Waals surface area contributed by atoms with Gasteiger partial charge in [0, 0.05) is 4.58 Å². The fraction of sp³-hybridized carbons (Fsp3) is 1.00. The summed E-state index contributed by atoms with van der Waals surface area (Å²) in [5, 5.41) is 0. The van der Waals surface area contributed by atoms with E-state index in [0.29, 0.717) is 4.58 Å². The molecule has 0 N–H and O–H groups in total. The van der Waals surface area contributed by atoms with E-state index in [4.69, 9.17) is 0 Å². The molecule has 0 spiro atoms. The fourth-order valence-electron chi connectivity index (χ4n) is 2.37. The van der Waals surface area contributed by atoms with E-state index in [0.717, 1.165) is 6.42 Å². The Hall–Kier alpha value is 1.50. The van der Waals surface area contributed by atoms with Gasteiger partial charge in [0.15, 0.2) is 0 Å². The van der Waals surface area contributed by atoms with Gasteiger partial charge >= 0.3 is 69.5 Å². The van der Waals surface area contributed by atoms with Crippen molar-refractivity contribution in [2.75, 3.05) is 0 Å². The molecule has 0 atom stereocenters. The fourth-order valence-corrected chi connectivity index (χ4v) is 6.89. The molecule has 0 aromatic carbocycles. The van der Waals surface area contributed by atoms with Crippen molar-refractivity contribution >= 4 is 46.4 Å². The molecule has 0 amide bonds. The van der Waals surface area contributed by atoms with Crippen LogP contribution < -0.4 is 0 Å². The van der Waals surface area contributed by atoms with Crippen LogP contribution in [-0.4, -0.2) is 25.7 Å². The molecule has 0 unspecified atom stereocenters. The van der Waals surface area contributed by atoms with E-state index in [9.17, 15) is 0 Å². The molecule has 0 aromatic heterocycles. The minimum atomic E-state index is 0.149. The third kappa shape index (κ3) is 31.7. The van der Waals surface area contributed by atoms with Gasteiger partial charge in [-0.2, -0.15) is 25.3 Å². The third-order valence-corrected chi connectivity index (χ3v) is 8.53. The average molecular weight is 467 g/mol. The van der Waals surface area contributed by atoms with Gasteiger partial charge in [-0.05, 0) is 6.42 Å². The van der Waals surface area contributed by atoms with Crippen LogP contribution in [0, 0.1) is 0 Å². The number of unbranched alkanes of at least 4 members (excludes halogenated alkanes) is 10. The summed E-state index contributed by atoms with van der Waals surface area (Å²) < 4.78 is 3.54. The molecule has 0 radical (unpaired) electrons. The molecule has 138 valence electrons. The molecule has 0 heterocycles. The maximum absolute atomic E-state index is 4.24.